The molecule has 0 spiro atoms. The molecule has 9 heteroatoms. The molecule has 3 aromatic rings. The van der Waals surface area contributed by atoms with E-state index >= 15 is 0 Å². The number of benzene rings is 2. The minimum atomic E-state index is -3.26. The lowest BCUT2D eigenvalue weighted by atomic mass is 10.1. The van der Waals surface area contributed by atoms with Crippen LogP contribution in [0.4, 0.5) is 11.5 Å². The number of hydrogen-bond donors (Lipinski definition) is 2. The molecule has 2 heterocycles. The highest BCUT2D eigenvalue weighted by molar-refractivity contribution is 9.10. The maximum atomic E-state index is 12.4. The summed E-state index contributed by atoms with van der Waals surface area (Å²) in [4.78, 5) is 12.4. The Hall–Kier alpha value is -2.39. The number of fused-ring (bicyclic) bond motifs is 1. The van der Waals surface area contributed by atoms with E-state index in [0.717, 1.165) is 15.6 Å². The molecule has 1 fully saturated rings. The van der Waals surface area contributed by atoms with Crippen molar-refractivity contribution in [3.8, 4) is 0 Å². The third kappa shape index (κ3) is 3.70. The molecule has 7 nitrogen and oxygen atoms in total. The number of nitrogens with zero attached hydrogens (tertiary/aromatic N) is 2. The number of sulfonamides is 1. The van der Waals surface area contributed by atoms with E-state index in [4.69, 9.17) is 0 Å². The van der Waals surface area contributed by atoms with Gasteiger partial charge in [-0.15, -0.1) is 0 Å². The monoisotopic (exact) mass is 448 g/mol. The largest absolute Gasteiger partial charge is 0.308 e. The molecule has 0 unspecified atom stereocenters. The summed E-state index contributed by atoms with van der Waals surface area (Å²) in [5.41, 5.74) is 2.20. The highest BCUT2D eigenvalue weighted by Gasteiger charge is 2.28. The Balaban J connectivity index is 1.59. The van der Waals surface area contributed by atoms with Gasteiger partial charge in [-0.1, -0.05) is 28.1 Å². The molecule has 0 bridgehead atoms. The van der Waals surface area contributed by atoms with Crippen LogP contribution in [0.2, 0.25) is 0 Å². The minimum Gasteiger partial charge on any atom is -0.308 e. The van der Waals surface area contributed by atoms with Crippen LogP contribution in [0.3, 0.4) is 0 Å². The zero-order valence-electron chi connectivity index (χ0n) is 14.3. The van der Waals surface area contributed by atoms with Crippen molar-refractivity contribution in [3.63, 3.8) is 0 Å². The summed E-state index contributed by atoms with van der Waals surface area (Å²) in [6, 6.07) is 12.8. The van der Waals surface area contributed by atoms with Gasteiger partial charge in [-0.25, -0.2) is 8.42 Å². The molecular formula is C18H17BrN4O3S. The maximum Gasteiger partial charge on any atom is 0.235 e. The third-order valence-corrected chi connectivity index (χ3v) is 6.81. The van der Waals surface area contributed by atoms with Gasteiger partial charge in [-0.3, -0.25) is 14.2 Å². The first kappa shape index (κ1) is 18.0. The van der Waals surface area contributed by atoms with Gasteiger partial charge in [0.05, 0.1) is 23.4 Å². The minimum absolute atomic E-state index is 0.159. The van der Waals surface area contributed by atoms with Crippen molar-refractivity contribution < 1.29 is 13.2 Å². The van der Waals surface area contributed by atoms with Crippen LogP contribution < -0.4 is 9.62 Å². The Bertz CT molecular complexity index is 1130. The maximum absolute atomic E-state index is 12.4. The number of hydrogen-bond acceptors (Lipinski definition) is 4. The molecule has 2 N–H and O–H groups in total. The van der Waals surface area contributed by atoms with E-state index in [1.165, 1.54) is 4.31 Å². The van der Waals surface area contributed by atoms with Crippen LogP contribution in [-0.2, 0) is 21.2 Å². The number of H-pyrrole nitrogens is 1. The van der Waals surface area contributed by atoms with Crippen LogP contribution in [0, 0.1) is 0 Å². The molecule has 1 saturated heterocycles. The van der Waals surface area contributed by atoms with Crippen LogP contribution in [0.15, 0.2) is 46.9 Å². The summed E-state index contributed by atoms with van der Waals surface area (Å²) < 4.78 is 26.6. The molecule has 0 radical (unpaired) electrons. The van der Waals surface area contributed by atoms with Crippen LogP contribution >= 0.6 is 15.9 Å². The fraction of sp³-hybridized carbons (Fsp3) is 0.222. The molecule has 1 aromatic heterocycles. The van der Waals surface area contributed by atoms with Crippen molar-refractivity contribution in [1.29, 1.82) is 0 Å². The highest BCUT2D eigenvalue weighted by Crippen LogP contribution is 2.30. The van der Waals surface area contributed by atoms with Crippen LogP contribution in [0.5, 0.6) is 0 Å². The number of halogens is 1. The third-order valence-electron chi connectivity index (χ3n) is 4.45. The van der Waals surface area contributed by atoms with Crippen molar-refractivity contribution in [2.24, 2.45) is 0 Å². The molecular weight excluding hydrogens is 432 g/mol. The predicted molar refractivity (Wildman–Crippen MR) is 108 cm³/mol. The van der Waals surface area contributed by atoms with Gasteiger partial charge >= 0.3 is 0 Å². The Kier molecular flexibility index (Phi) is 4.65. The van der Waals surface area contributed by atoms with E-state index in [1.807, 2.05) is 24.3 Å². The predicted octanol–water partition coefficient (Wildman–Crippen LogP) is 3.05. The van der Waals surface area contributed by atoms with E-state index in [1.54, 1.807) is 18.2 Å². The summed E-state index contributed by atoms with van der Waals surface area (Å²) in [5, 5.41) is 10.5. The van der Waals surface area contributed by atoms with Gasteiger partial charge in [0.1, 0.15) is 0 Å². The molecule has 0 saturated carbocycles. The number of rotatable bonds is 4. The van der Waals surface area contributed by atoms with Gasteiger partial charge in [0.2, 0.25) is 15.9 Å². The Labute approximate surface area is 164 Å². The van der Waals surface area contributed by atoms with Crippen LogP contribution in [0.1, 0.15) is 12.0 Å². The zero-order valence-corrected chi connectivity index (χ0v) is 16.7. The summed E-state index contributed by atoms with van der Waals surface area (Å²) in [6.45, 7) is 0.469. The summed E-state index contributed by atoms with van der Waals surface area (Å²) in [5.74, 6) is 0.358. The normalized spacial score (nSPS) is 16.0. The molecule has 1 aliphatic heterocycles. The van der Waals surface area contributed by atoms with Gasteiger partial charge < -0.3 is 5.32 Å². The fourth-order valence-corrected chi connectivity index (χ4v) is 5.19. The summed E-state index contributed by atoms with van der Waals surface area (Å²) >= 11 is 3.39. The first-order valence-corrected chi connectivity index (χ1v) is 10.9. The first-order valence-electron chi connectivity index (χ1n) is 8.45. The second-order valence-corrected chi connectivity index (χ2v) is 9.33. The van der Waals surface area contributed by atoms with Gasteiger partial charge in [0.15, 0.2) is 5.82 Å². The molecule has 27 heavy (non-hydrogen) atoms. The number of aromatic nitrogens is 2. The second kappa shape index (κ2) is 6.97. The lowest BCUT2D eigenvalue weighted by Crippen LogP contribution is -2.24. The molecule has 140 valence electrons. The number of carbonyl (C=O) groups is 1. The fourth-order valence-electron chi connectivity index (χ4n) is 3.19. The van der Waals surface area contributed by atoms with Crippen LogP contribution in [0.25, 0.3) is 10.9 Å². The summed E-state index contributed by atoms with van der Waals surface area (Å²) in [7, 11) is -3.26. The van der Waals surface area contributed by atoms with Gasteiger partial charge in [-0.05, 0) is 42.3 Å². The van der Waals surface area contributed by atoms with Gasteiger partial charge in [-0.2, -0.15) is 5.10 Å². The Morgan fingerprint density at radius 2 is 2.11 bits per heavy atom. The first-order chi connectivity index (χ1) is 12.9. The molecule has 0 aliphatic carbocycles. The Morgan fingerprint density at radius 1 is 1.26 bits per heavy atom. The zero-order chi connectivity index (χ0) is 19.0. The van der Waals surface area contributed by atoms with Crippen molar-refractivity contribution >= 4 is 54.3 Å². The van der Waals surface area contributed by atoms with E-state index in [9.17, 15) is 13.2 Å². The average molecular weight is 449 g/mol. The number of amides is 1. The molecule has 0 atom stereocenters. The average Bonchev–Trinajstić information content (AvgIpc) is 3.17. The van der Waals surface area contributed by atoms with Crippen molar-refractivity contribution in [1.82, 2.24) is 10.2 Å². The van der Waals surface area contributed by atoms with Crippen molar-refractivity contribution in [2.75, 3.05) is 21.9 Å². The highest BCUT2D eigenvalue weighted by atomic mass is 79.9. The van der Waals surface area contributed by atoms with Gasteiger partial charge in [0.25, 0.3) is 0 Å². The molecule has 2 aromatic carbocycles. The molecule has 1 aliphatic rings. The SMILES string of the molecule is O=C(Cc1cccc(Br)c1)Nc1n[nH]c2ccc(N3CCCS3(=O)=O)cc12. The van der Waals surface area contributed by atoms with Crippen LogP contribution in [-0.4, -0.2) is 36.8 Å². The lowest BCUT2D eigenvalue weighted by Gasteiger charge is -2.16. The quantitative estimate of drug-likeness (QED) is 0.640. The van der Waals surface area contributed by atoms with E-state index in [0.29, 0.717) is 29.9 Å². The van der Waals surface area contributed by atoms with Gasteiger partial charge in [0, 0.05) is 16.4 Å². The topological polar surface area (TPSA) is 95.2 Å². The number of carbonyl (C=O) groups excluding carboxylic acids is 1. The molecule has 1 amide bonds. The molecule has 4 rings (SSSR count). The number of anilines is 2. The smallest absolute Gasteiger partial charge is 0.235 e. The second-order valence-electron chi connectivity index (χ2n) is 6.40. The number of nitrogens with one attached hydrogen (secondary N) is 2. The van der Waals surface area contributed by atoms with E-state index in [2.05, 4.69) is 31.4 Å². The summed E-state index contributed by atoms with van der Waals surface area (Å²) in [6.07, 6.45) is 0.829. The Morgan fingerprint density at radius 3 is 2.85 bits per heavy atom. The van der Waals surface area contributed by atoms with Crippen molar-refractivity contribution in [3.05, 3.63) is 52.5 Å². The van der Waals surface area contributed by atoms with E-state index in [-0.39, 0.29) is 18.1 Å². The standard InChI is InChI=1S/C18H17BrN4O3S/c19-13-4-1-3-12(9-13)10-17(24)20-18-15-11-14(5-6-16(15)21-22-18)23-7-2-8-27(23,25)26/h1,3-6,9,11H,2,7-8,10H2,(H2,20,21,22,24). The van der Waals surface area contributed by atoms with Crippen molar-refractivity contribution in [2.45, 2.75) is 12.8 Å². The lowest BCUT2D eigenvalue weighted by molar-refractivity contribution is -0.115. The van der Waals surface area contributed by atoms with E-state index < -0.39 is 10.0 Å². The number of aromatic amines is 1.